The van der Waals surface area contributed by atoms with Crippen LogP contribution in [0.15, 0.2) is 12.1 Å². The Morgan fingerprint density at radius 2 is 1.89 bits per heavy atom. The van der Waals surface area contributed by atoms with Crippen LogP contribution in [0.4, 0.5) is 18.3 Å². The zero-order valence-corrected chi connectivity index (χ0v) is 10.5. The minimum atomic E-state index is -1.61. The summed E-state index contributed by atoms with van der Waals surface area (Å²) in [5.74, 6) is -5.23. The fraction of sp³-hybridized carbons (Fsp3) is 0.182. The maximum Gasteiger partial charge on any atom is 0.257 e. The van der Waals surface area contributed by atoms with E-state index in [4.69, 9.17) is 0 Å². The molecule has 0 radical (unpaired) electrons. The van der Waals surface area contributed by atoms with E-state index in [-0.39, 0.29) is 10.7 Å². The first-order chi connectivity index (χ1) is 9.01. The number of carbonyl (C=O) groups is 1. The maximum atomic E-state index is 13.0. The minimum Gasteiger partial charge on any atom is -0.296 e. The quantitative estimate of drug-likeness (QED) is 0.883. The van der Waals surface area contributed by atoms with Crippen molar-refractivity contribution in [1.29, 1.82) is 0 Å². The number of amides is 1. The molecule has 4 nitrogen and oxygen atoms in total. The second-order valence-corrected chi connectivity index (χ2v) is 4.62. The van der Waals surface area contributed by atoms with E-state index in [9.17, 15) is 18.0 Å². The fourth-order valence-corrected chi connectivity index (χ4v) is 1.98. The highest BCUT2D eigenvalue weighted by atomic mass is 32.1. The molecule has 0 atom stereocenters. The molecule has 1 aromatic carbocycles. The lowest BCUT2D eigenvalue weighted by Crippen LogP contribution is -2.13. The molecule has 0 aliphatic carbocycles. The summed E-state index contributed by atoms with van der Waals surface area (Å²) >= 11 is 1.15. The van der Waals surface area contributed by atoms with Gasteiger partial charge >= 0.3 is 0 Å². The Morgan fingerprint density at radius 3 is 2.42 bits per heavy atom. The molecule has 0 aliphatic rings. The fourth-order valence-electron chi connectivity index (χ4n) is 1.30. The molecular weight excluding hydrogens is 279 g/mol. The number of aromatic nitrogens is 2. The van der Waals surface area contributed by atoms with Crippen molar-refractivity contribution in [2.75, 3.05) is 5.32 Å². The number of hydrogen-bond donors (Lipinski definition) is 1. The number of hydrogen-bond acceptors (Lipinski definition) is 4. The van der Waals surface area contributed by atoms with E-state index in [0.717, 1.165) is 11.3 Å². The highest BCUT2D eigenvalue weighted by molar-refractivity contribution is 7.15. The van der Waals surface area contributed by atoms with Gasteiger partial charge in [-0.25, -0.2) is 13.2 Å². The predicted octanol–water partition coefficient (Wildman–Crippen LogP) is 2.77. The lowest BCUT2D eigenvalue weighted by Gasteiger charge is -2.02. The van der Waals surface area contributed by atoms with E-state index < -0.39 is 23.4 Å². The smallest absolute Gasteiger partial charge is 0.257 e. The van der Waals surface area contributed by atoms with Crippen molar-refractivity contribution in [3.8, 4) is 0 Å². The summed E-state index contributed by atoms with van der Waals surface area (Å²) < 4.78 is 38.7. The average molecular weight is 287 g/mol. The Labute approximate surface area is 110 Å². The number of nitrogens with zero attached hydrogens (tertiary/aromatic N) is 2. The summed E-state index contributed by atoms with van der Waals surface area (Å²) in [4.78, 5) is 11.7. The van der Waals surface area contributed by atoms with Crippen molar-refractivity contribution in [3.63, 3.8) is 0 Å². The number of aryl methyl sites for hydroxylation is 1. The topological polar surface area (TPSA) is 54.9 Å². The number of rotatable bonds is 3. The van der Waals surface area contributed by atoms with E-state index in [2.05, 4.69) is 15.5 Å². The van der Waals surface area contributed by atoms with E-state index >= 15 is 0 Å². The van der Waals surface area contributed by atoms with E-state index in [0.29, 0.717) is 23.6 Å². The first-order valence-corrected chi connectivity index (χ1v) is 6.11. The van der Waals surface area contributed by atoms with Crippen LogP contribution in [0.5, 0.6) is 0 Å². The summed E-state index contributed by atoms with van der Waals surface area (Å²) in [5, 5.41) is 10.7. The van der Waals surface area contributed by atoms with Crippen molar-refractivity contribution in [1.82, 2.24) is 10.2 Å². The largest absolute Gasteiger partial charge is 0.296 e. The van der Waals surface area contributed by atoms with E-state index in [1.54, 1.807) is 0 Å². The van der Waals surface area contributed by atoms with Crippen molar-refractivity contribution in [2.45, 2.75) is 13.3 Å². The van der Waals surface area contributed by atoms with Gasteiger partial charge in [0.2, 0.25) is 5.13 Å². The second-order valence-electron chi connectivity index (χ2n) is 3.56. The Morgan fingerprint density at radius 1 is 1.26 bits per heavy atom. The van der Waals surface area contributed by atoms with Crippen molar-refractivity contribution in [2.24, 2.45) is 0 Å². The Bertz CT molecular complexity index is 606. The Kier molecular flexibility index (Phi) is 3.79. The molecule has 1 N–H and O–H groups in total. The molecule has 0 bridgehead atoms. The zero-order chi connectivity index (χ0) is 14.0. The van der Waals surface area contributed by atoms with Gasteiger partial charge in [-0.05, 0) is 18.6 Å². The molecule has 2 rings (SSSR count). The van der Waals surface area contributed by atoms with Crippen molar-refractivity contribution >= 4 is 22.4 Å². The molecular formula is C11H8F3N3OS. The molecule has 1 amide bonds. The van der Waals surface area contributed by atoms with Crippen LogP contribution in [0.2, 0.25) is 0 Å². The van der Waals surface area contributed by atoms with Gasteiger partial charge in [0.15, 0.2) is 17.5 Å². The van der Waals surface area contributed by atoms with Gasteiger partial charge < -0.3 is 0 Å². The first kappa shape index (κ1) is 13.5. The van der Waals surface area contributed by atoms with Crippen LogP contribution < -0.4 is 5.32 Å². The zero-order valence-electron chi connectivity index (χ0n) is 9.71. The molecule has 19 heavy (non-hydrogen) atoms. The molecule has 0 aliphatic heterocycles. The second kappa shape index (κ2) is 5.35. The van der Waals surface area contributed by atoms with Gasteiger partial charge in [0, 0.05) is 5.56 Å². The number of nitrogens with one attached hydrogen (secondary N) is 1. The summed E-state index contributed by atoms with van der Waals surface area (Å²) in [7, 11) is 0. The summed E-state index contributed by atoms with van der Waals surface area (Å²) in [6.07, 6.45) is 0.660. The molecule has 2 aromatic rings. The molecule has 0 unspecified atom stereocenters. The van der Waals surface area contributed by atoms with Crippen LogP contribution in [0.3, 0.4) is 0 Å². The monoisotopic (exact) mass is 287 g/mol. The number of anilines is 1. The number of carbonyl (C=O) groups excluding carboxylic acids is 1. The van der Waals surface area contributed by atoms with Crippen LogP contribution in [-0.2, 0) is 6.42 Å². The first-order valence-electron chi connectivity index (χ1n) is 5.29. The Balaban J connectivity index is 2.20. The maximum absolute atomic E-state index is 13.0. The third kappa shape index (κ3) is 2.90. The normalized spacial score (nSPS) is 10.5. The van der Waals surface area contributed by atoms with Crippen LogP contribution in [0.25, 0.3) is 0 Å². The van der Waals surface area contributed by atoms with Crippen LogP contribution in [0, 0.1) is 17.5 Å². The molecule has 100 valence electrons. The van der Waals surface area contributed by atoms with Crippen LogP contribution in [0.1, 0.15) is 22.3 Å². The molecule has 0 fully saturated rings. The molecule has 0 saturated heterocycles. The van der Waals surface area contributed by atoms with Gasteiger partial charge in [-0.15, -0.1) is 10.2 Å². The summed E-state index contributed by atoms with van der Waals surface area (Å²) in [6, 6.07) is 1.24. The molecule has 0 saturated carbocycles. The Hall–Kier alpha value is -1.96. The van der Waals surface area contributed by atoms with Crippen LogP contribution >= 0.6 is 11.3 Å². The third-order valence-corrected chi connectivity index (χ3v) is 3.22. The molecule has 1 aromatic heterocycles. The summed E-state index contributed by atoms with van der Waals surface area (Å²) in [6.45, 7) is 1.87. The van der Waals surface area contributed by atoms with Crippen LogP contribution in [-0.4, -0.2) is 16.1 Å². The van der Waals surface area contributed by atoms with E-state index in [1.165, 1.54) is 0 Å². The lowest BCUT2D eigenvalue weighted by molar-refractivity contribution is 0.102. The van der Waals surface area contributed by atoms with Gasteiger partial charge in [0.25, 0.3) is 5.91 Å². The van der Waals surface area contributed by atoms with Gasteiger partial charge in [0.1, 0.15) is 5.01 Å². The molecule has 8 heteroatoms. The van der Waals surface area contributed by atoms with Gasteiger partial charge in [-0.2, -0.15) is 0 Å². The van der Waals surface area contributed by atoms with Gasteiger partial charge in [-0.1, -0.05) is 18.3 Å². The van der Waals surface area contributed by atoms with Gasteiger partial charge in [0.05, 0.1) is 0 Å². The minimum absolute atomic E-state index is 0.215. The van der Waals surface area contributed by atoms with E-state index in [1.807, 2.05) is 6.92 Å². The molecule has 1 heterocycles. The predicted molar refractivity (Wildman–Crippen MR) is 63.6 cm³/mol. The van der Waals surface area contributed by atoms with Gasteiger partial charge in [-0.3, -0.25) is 10.1 Å². The van der Waals surface area contributed by atoms with Crippen molar-refractivity contribution < 1.29 is 18.0 Å². The SMILES string of the molecule is CCc1nnc(NC(=O)c2cc(F)c(F)c(F)c2)s1. The van der Waals surface area contributed by atoms with Crippen molar-refractivity contribution in [3.05, 3.63) is 40.2 Å². The number of benzene rings is 1. The summed E-state index contributed by atoms with van der Waals surface area (Å²) in [5.41, 5.74) is -0.329. The average Bonchev–Trinajstić information content (AvgIpc) is 2.83. The number of halogens is 3. The highest BCUT2D eigenvalue weighted by Crippen LogP contribution is 2.18. The molecule has 0 spiro atoms. The lowest BCUT2D eigenvalue weighted by atomic mass is 10.2. The highest BCUT2D eigenvalue weighted by Gasteiger charge is 2.16. The standard InChI is InChI=1S/C11H8F3N3OS/c1-2-8-16-17-11(19-8)15-10(18)5-3-6(12)9(14)7(13)4-5/h3-4H,2H2,1H3,(H,15,17,18). The third-order valence-electron chi connectivity index (χ3n) is 2.24.